The van der Waals surface area contributed by atoms with Crippen LogP contribution in [0.2, 0.25) is 0 Å². The van der Waals surface area contributed by atoms with Gasteiger partial charge < -0.3 is 15.4 Å². The number of hydrogen-bond donors (Lipinski definition) is 2. The van der Waals surface area contributed by atoms with Crippen molar-refractivity contribution >= 4 is 47.7 Å². The van der Waals surface area contributed by atoms with Gasteiger partial charge in [-0.3, -0.25) is 4.79 Å². The van der Waals surface area contributed by atoms with Gasteiger partial charge in [0.15, 0.2) is 0 Å². The van der Waals surface area contributed by atoms with Crippen molar-refractivity contribution in [1.82, 2.24) is 10.3 Å². The Morgan fingerprint density at radius 3 is 2.50 bits per heavy atom. The molecule has 0 atom stereocenters. The maximum atomic E-state index is 12.5. The summed E-state index contributed by atoms with van der Waals surface area (Å²) >= 11 is 1.54. The fraction of sp³-hybridized carbons (Fsp3) is 0.273. The molecule has 1 heterocycles. The van der Waals surface area contributed by atoms with Crippen molar-refractivity contribution in [3.63, 3.8) is 0 Å². The van der Waals surface area contributed by atoms with Crippen LogP contribution in [0.3, 0.4) is 0 Å². The summed E-state index contributed by atoms with van der Waals surface area (Å²) in [6.07, 6.45) is 0.253. The molecular weight excluding hydrogens is 441 g/mol. The molecule has 30 heavy (non-hydrogen) atoms. The molecule has 5 nitrogen and oxygen atoms in total. The Bertz CT molecular complexity index is 917. The summed E-state index contributed by atoms with van der Waals surface area (Å²) in [5.41, 5.74) is 3.72. The van der Waals surface area contributed by atoms with E-state index in [4.69, 9.17) is 4.74 Å². The zero-order chi connectivity index (χ0) is 19.8. The number of amides is 1. The predicted molar refractivity (Wildman–Crippen MR) is 129 cm³/mol. The number of carbonyl (C=O) groups excluding carboxylic acids is 1. The normalized spacial score (nSPS) is 9.93. The van der Waals surface area contributed by atoms with E-state index in [1.54, 1.807) is 11.3 Å². The van der Waals surface area contributed by atoms with Crippen LogP contribution in [0.1, 0.15) is 25.1 Å². The van der Waals surface area contributed by atoms with Crippen molar-refractivity contribution in [3.8, 4) is 16.3 Å². The van der Waals surface area contributed by atoms with Gasteiger partial charge >= 0.3 is 0 Å². The Morgan fingerprint density at radius 1 is 1.07 bits per heavy atom. The quantitative estimate of drug-likeness (QED) is 0.445. The van der Waals surface area contributed by atoms with E-state index >= 15 is 0 Å². The first-order valence-electron chi connectivity index (χ1n) is 9.45. The molecule has 3 rings (SSSR count). The van der Waals surface area contributed by atoms with Crippen LogP contribution in [-0.2, 0) is 17.8 Å². The molecule has 0 spiro atoms. The molecule has 0 aliphatic carbocycles. The van der Waals surface area contributed by atoms with Crippen molar-refractivity contribution in [2.24, 2.45) is 0 Å². The number of para-hydroxylation sites is 1. The van der Waals surface area contributed by atoms with Gasteiger partial charge in [0, 0.05) is 23.2 Å². The van der Waals surface area contributed by atoms with Gasteiger partial charge in [0.2, 0.25) is 5.91 Å². The molecule has 162 valence electrons. The van der Waals surface area contributed by atoms with E-state index in [-0.39, 0.29) is 37.1 Å². The fourth-order valence-electron chi connectivity index (χ4n) is 2.80. The summed E-state index contributed by atoms with van der Waals surface area (Å²) in [6, 6.07) is 15.7. The molecule has 0 saturated carbocycles. The van der Waals surface area contributed by atoms with Crippen LogP contribution in [0.5, 0.6) is 5.75 Å². The van der Waals surface area contributed by atoms with Gasteiger partial charge in [-0.05, 0) is 49.4 Å². The smallest absolute Gasteiger partial charge is 0.230 e. The highest BCUT2D eigenvalue weighted by Gasteiger charge is 2.11. The van der Waals surface area contributed by atoms with Crippen LogP contribution < -0.4 is 15.4 Å². The average Bonchev–Trinajstić information content (AvgIpc) is 3.16. The number of carbonyl (C=O) groups is 1. The van der Waals surface area contributed by atoms with E-state index in [1.807, 2.05) is 60.8 Å². The summed E-state index contributed by atoms with van der Waals surface area (Å²) in [6.45, 7) is 6.28. The number of aromatic nitrogens is 1. The van der Waals surface area contributed by atoms with Crippen LogP contribution >= 0.6 is 36.2 Å². The van der Waals surface area contributed by atoms with Gasteiger partial charge in [-0.25, -0.2) is 4.98 Å². The second-order valence-corrected chi connectivity index (χ2v) is 7.12. The van der Waals surface area contributed by atoms with E-state index in [2.05, 4.69) is 22.5 Å². The maximum absolute atomic E-state index is 12.5. The standard InChI is InChI=1S/C22H25N3O2S.2ClH/c1-3-23-14-17-7-5-6-8-20(17)25-21(26)13-18-15-28-22(24-18)16-9-11-19(12-10-16)27-4-2;;/h5-12,15,23H,3-4,13-14H2,1-2H3,(H,25,26);2*1H. The second kappa shape index (κ2) is 13.2. The number of halogens is 2. The van der Waals surface area contributed by atoms with E-state index in [0.29, 0.717) is 6.61 Å². The topological polar surface area (TPSA) is 63.2 Å². The number of anilines is 1. The zero-order valence-corrected chi connectivity index (χ0v) is 19.5. The van der Waals surface area contributed by atoms with Crippen LogP contribution in [0.25, 0.3) is 10.6 Å². The van der Waals surface area contributed by atoms with Crippen molar-refractivity contribution < 1.29 is 9.53 Å². The minimum Gasteiger partial charge on any atom is -0.494 e. The van der Waals surface area contributed by atoms with E-state index in [1.165, 1.54) is 0 Å². The molecule has 8 heteroatoms. The van der Waals surface area contributed by atoms with Crippen LogP contribution in [0.4, 0.5) is 5.69 Å². The van der Waals surface area contributed by atoms with Crippen molar-refractivity contribution in [3.05, 3.63) is 65.2 Å². The third-order valence-corrected chi connectivity index (χ3v) is 5.10. The minimum atomic E-state index is -0.0625. The van der Waals surface area contributed by atoms with Gasteiger partial charge in [0.05, 0.1) is 18.7 Å². The summed E-state index contributed by atoms with van der Waals surface area (Å²) < 4.78 is 5.47. The van der Waals surface area contributed by atoms with Gasteiger partial charge in [-0.1, -0.05) is 25.1 Å². The molecule has 0 aliphatic heterocycles. The van der Waals surface area contributed by atoms with E-state index in [9.17, 15) is 4.79 Å². The lowest BCUT2D eigenvalue weighted by molar-refractivity contribution is -0.115. The molecule has 0 saturated heterocycles. The van der Waals surface area contributed by atoms with Gasteiger partial charge in [0.1, 0.15) is 10.8 Å². The molecule has 1 amide bonds. The Morgan fingerprint density at radius 2 is 1.80 bits per heavy atom. The molecule has 1 aromatic heterocycles. The number of nitrogens with one attached hydrogen (secondary N) is 2. The van der Waals surface area contributed by atoms with Crippen LogP contribution in [0, 0.1) is 0 Å². The lowest BCUT2D eigenvalue weighted by Crippen LogP contribution is -2.18. The van der Waals surface area contributed by atoms with E-state index < -0.39 is 0 Å². The summed E-state index contributed by atoms with van der Waals surface area (Å²) in [7, 11) is 0. The van der Waals surface area contributed by atoms with Crippen molar-refractivity contribution in [2.45, 2.75) is 26.8 Å². The number of benzene rings is 2. The van der Waals surface area contributed by atoms with Crippen molar-refractivity contribution in [1.29, 1.82) is 0 Å². The number of rotatable bonds is 9. The molecule has 0 fully saturated rings. The molecule has 3 aromatic rings. The SMILES string of the molecule is CCNCc1ccccc1NC(=O)Cc1csc(-c2ccc(OCC)cc2)n1.Cl.Cl. The van der Waals surface area contributed by atoms with Crippen LogP contribution in [-0.4, -0.2) is 24.0 Å². The molecule has 0 aliphatic rings. The molecular formula is C22H27Cl2N3O2S. The van der Waals surface area contributed by atoms with Gasteiger partial charge in [0.25, 0.3) is 0 Å². The highest BCUT2D eigenvalue weighted by molar-refractivity contribution is 7.13. The Hall–Kier alpha value is -2.12. The third-order valence-electron chi connectivity index (χ3n) is 4.16. The largest absolute Gasteiger partial charge is 0.494 e. The number of nitrogens with zero attached hydrogens (tertiary/aromatic N) is 1. The first kappa shape index (κ1) is 25.9. The zero-order valence-electron chi connectivity index (χ0n) is 17.0. The van der Waals surface area contributed by atoms with Gasteiger partial charge in [-0.2, -0.15) is 0 Å². The molecule has 0 radical (unpaired) electrons. The Kier molecular flexibility index (Phi) is 11.4. The first-order chi connectivity index (χ1) is 13.7. The number of hydrogen-bond acceptors (Lipinski definition) is 5. The maximum Gasteiger partial charge on any atom is 0.230 e. The van der Waals surface area contributed by atoms with E-state index in [0.717, 1.165) is 46.4 Å². The summed E-state index contributed by atoms with van der Waals surface area (Å²) in [4.78, 5) is 17.1. The molecule has 0 unspecified atom stereocenters. The van der Waals surface area contributed by atoms with Gasteiger partial charge in [-0.15, -0.1) is 36.2 Å². The number of ether oxygens (including phenoxy) is 1. The highest BCUT2D eigenvalue weighted by atomic mass is 35.5. The fourth-order valence-corrected chi connectivity index (χ4v) is 3.62. The Labute approximate surface area is 194 Å². The van der Waals surface area contributed by atoms with Crippen molar-refractivity contribution in [2.75, 3.05) is 18.5 Å². The lowest BCUT2D eigenvalue weighted by Gasteiger charge is -2.11. The molecule has 0 bridgehead atoms. The molecule has 2 N–H and O–H groups in total. The predicted octanol–water partition coefficient (Wildman–Crippen LogP) is 5.34. The number of thiazole rings is 1. The summed E-state index contributed by atoms with van der Waals surface area (Å²) in [5, 5.41) is 9.14. The lowest BCUT2D eigenvalue weighted by atomic mass is 10.1. The Balaban J connectivity index is 0.00000225. The first-order valence-corrected chi connectivity index (χ1v) is 10.3. The molecule has 2 aromatic carbocycles. The average molecular weight is 468 g/mol. The summed E-state index contributed by atoms with van der Waals surface area (Å²) in [5.74, 6) is 0.783. The minimum absolute atomic E-state index is 0. The van der Waals surface area contributed by atoms with Crippen LogP contribution in [0.15, 0.2) is 53.9 Å². The second-order valence-electron chi connectivity index (χ2n) is 6.26. The monoisotopic (exact) mass is 467 g/mol. The highest BCUT2D eigenvalue weighted by Crippen LogP contribution is 2.26. The third kappa shape index (κ3) is 7.29.